The molecule has 0 spiro atoms. The second-order valence-corrected chi connectivity index (χ2v) is 6.73. The van der Waals surface area contributed by atoms with Crippen molar-refractivity contribution in [3.8, 4) is 0 Å². The summed E-state index contributed by atoms with van der Waals surface area (Å²) in [4.78, 5) is 12.0. The van der Waals surface area contributed by atoms with Crippen LogP contribution >= 0.6 is 0 Å². The zero-order chi connectivity index (χ0) is 17.5. The SMILES string of the molecule is CCCCCCCCCCCCC(=O)OC(CC)c1ccccc1. The molecule has 0 saturated carbocycles. The standard InChI is InChI=1S/C22H36O2/c1-3-5-6-7-8-9-10-11-12-16-19-22(23)24-21(4-2)20-17-14-13-15-18-20/h13-15,17-18,21H,3-12,16,19H2,1-2H3. The van der Waals surface area contributed by atoms with Crippen molar-refractivity contribution in [2.45, 2.75) is 97.0 Å². The fourth-order valence-corrected chi connectivity index (χ4v) is 3.03. The summed E-state index contributed by atoms with van der Waals surface area (Å²) in [6, 6.07) is 10.0. The first-order valence-electron chi connectivity index (χ1n) is 10.0. The fourth-order valence-electron chi connectivity index (χ4n) is 3.03. The molecular formula is C22H36O2. The molecule has 2 nitrogen and oxygen atoms in total. The van der Waals surface area contributed by atoms with Gasteiger partial charge in [0.1, 0.15) is 6.10 Å². The van der Waals surface area contributed by atoms with Crippen molar-refractivity contribution in [3.63, 3.8) is 0 Å². The predicted octanol–water partition coefficient (Wildman–Crippen LogP) is 6.99. The van der Waals surface area contributed by atoms with Crippen molar-refractivity contribution in [3.05, 3.63) is 35.9 Å². The monoisotopic (exact) mass is 332 g/mol. The van der Waals surface area contributed by atoms with Crippen LogP contribution in [0.4, 0.5) is 0 Å². The summed E-state index contributed by atoms with van der Waals surface area (Å²) in [5.74, 6) is -0.0507. The molecule has 1 aromatic carbocycles. The van der Waals surface area contributed by atoms with E-state index in [2.05, 4.69) is 13.8 Å². The molecule has 1 atom stereocenters. The molecule has 0 fully saturated rings. The largest absolute Gasteiger partial charge is 0.457 e. The number of carbonyl (C=O) groups excluding carboxylic acids is 1. The summed E-state index contributed by atoms with van der Waals surface area (Å²) in [5, 5.41) is 0. The van der Waals surface area contributed by atoms with E-state index in [1.165, 1.54) is 51.4 Å². The zero-order valence-electron chi connectivity index (χ0n) is 15.8. The van der Waals surface area contributed by atoms with Crippen LogP contribution in [0.2, 0.25) is 0 Å². The van der Waals surface area contributed by atoms with Crippen molar-refractivity contribution in [1.29, 1.82) is 0 Å². The molecule has 0 aliphatic heterocycles. The van der Waals surface area contributed by atoms with Gasteiger partial charge in [-0.1, -0.05) is 102 Å². The van der Waals surface area contributed by atoms with Crippen LogP contribution in [-0.4, -0.2) is 5.97 Å². The van der Waals surface area contributed by atoms with Gasteiger partial charge in [-0.25, -0.2) is 0 Å². The topological polar surface area (TPSA) is 26.3 Å². The Bertz CT molecular complexity index is 413. The van der Waals surface area contributed by atoms with Crippen LogP contribution in [0.3, 0.4) is 0 Å². The van der Waals surface area contributed by atoms with Gasteiger partial charge in [0.05, 0.1) is 0 Å². The van der Waals surface area contributed by atoms with Crippen molar-refractivity contribution in [1.82, 2.24) is 0 Å². The van der Waals surface area contributed by atoms with Gasteiger partial charge in [0.25, 0.3) is 0 Å². The maximum Gasteiger partial charge on any atom is 0.306 e. The fraction of sp³-hybridized carbons (Fsp3) is 0.682. The van der Waals surface area contributed by atoms with Gasteiger partial charge < -0.3 is 4.74 Å². The van der Waals surface area contributed by atoms with Crippen molar-refractivity contribution in [2.24, 2.45) is 0 Å². The third-order valence-electron chi connectivity index (χ3n) is 4.55. The maximum absolute atomic E-state index is 12.0. The van der Waals surface area contributed by atoms with Gasteiger partial charge in [0.15, 0.2) is 0 Å². The second-order valence-electron chi connectivity index (χ2n) is 6.73. The van der Waals surface area contributed by atoms with Crippen LogP contribution in [0, 0.1) is 0 Å². The minimum absolute atomic E-state index is 0.0507. The lowest BCUT2D eigenvalue weighted by atomic mass is 10.1. The number of unbranched alkanes of at least 4 members (excludes halogenated alkanes) is 9. The smallest absolute Gasteiger partial charge is 0.306 e. The molecule has 1 unspecified atom stereocenters. The maximum atomic E-state index is 12.0. The third kappa shape index (κ3) is 9.75. The Hall–Kier alpha value is -1.31. The Balaban J connectivity index is 2.03. The molecule has 0 amide bonds. The molecule has 2 heteroatoms. The van der Waals surface area contributed by atoms with Crippen LogP contribution in [-0.2, 0) is 9.53 Å². The predicted molar refractivity (Wildman–Crippen MR) is 102 cm³/mol. The minimum atomic E-state index is -0.0955. The molecule has 0 N–H and O–H groups in total. The van der Waals surface area contributed by atoms with Crippen LogP contribution in [0.15, 0.2) is 30.3 Å². The number of hydrogen-bond donors (Lipinski definition) is 0. The number of rotatable bonds is 14. The van der Waals surface area contributed by atoms with E-state index in [1.807, 2.05) is 30.3 Å². The summed E-state index contributed by atoms with van der Waals surface area (Å²) in [5.41, 5.74) is 1.09. The summed E-state index contributed by atoms with van der Waals surface area (Å²) in [7, 11) is 0. The number of hydrogen-bond acceptors (Lipinski definition) is 2. The average Bonchev–Trinajstić information content (AvgIpc) is 2.62. The lowest BCUT2D eigenvalue weighted by Gasteiger charge is -2.16. The third-order valence-corrected chi connectivity index (χ3v) is 4.55. The first-order valence-corrected chi connectivity index (χ1v) is 10.0. The number of carbonyl (C=O) groups is 1. The molecule has 136 valence electrons. The highest BCUT2D eigenvalue weighted by Crippen LogP contribution is 2.21. The molecule has 0 aliphatic carbocycles. The Morgan fingerprint density at radius 1 is 0.833 bits per heavy atom. The van der Waals surface area contributed by atoms with Gasteiger partial charge in [0.2, 0.25) is 0 Å². The van der Waals surface area contributed by atoms with Gasteiger partial charge in [-0.3, -0.25) is 4.79 Å². The number of ether oxygens (including phenoxy) is 1. The van der Waals surface area contributed by atoms with Gasteiger partial charge in [-0.15, -0.1) is 0 Å². The highest BCUT2D eigenvalue weighted by atomic mass is 16.5. The van der Waals surface area contributed by atoms with Crippen LogP contribution in [0.1, 0.15) is 103 Å². The minimum Gasteiger partial charge on any atom is -0.457 e. The van der Waals surface area contributed by atoms with Crippen molar-refractivity contribution in [2.75, 3.05) is 0 Å². The Kier molecular flexibility index (Phi) is 12.2. The Morgan fingerprint density at radius 2 is 1.38 bits per heavy atom. The molecule has 0 saturated heterocycles. The zero-order valence-corrected chi connectivity index (χ0v) is 15.8. The van der Waals surface area contributed by atoms with E-state index in [0.29, 0.717) is 6.42 Å². The molecule has 0 radical (unpaired) electrons. The highest BCUT2D eigenvalue weighted by Gasteiger charge is 2.14. The van der Waals surface area contributed by atoms with Crippen LogP contribution in [0.25, 0.3) is 0 Å². The van der Waals surface area contributed by atoms with Gasteiger partial charge in [-0.2, -0.15) is 0 Å². The van der Waals surface area contributed by atoms with Gasteiger partial charge in [-0.05, 0) is 18.4 Å². The average molecular weight is 333 g/mol. The van der Waals surface area contributed by atoms with E-state index in [9.17, 15) is 4.79 Å². The van der Waals surface area contributed by atoms with E-state index in [1.54, 1.807) is 0 Å². The summed E-state index contributed by atoms with van der Waals surface area (Å²) < 4.78 is 5.63. The normalized spacial score (nSPS) is 12.1. The number of benzene rings is 1. The van der Waals surface area contributed by atoms with E-state index in [0.717, 1.165) is 24.8 Å². The molecular weight excluding hydrogens is 296 g/mol. The summed E-state index contributed by atoms with van der Waals surface area (Å²) in [6.45, 7) is 4.32. The van der Waals surface area contributed by atoms with E-state index < -0.39 is 0 Å². The lowest BCUT2D eigenvalue weighted by molar-refractivity contribution is -0.149. The van der Waals surface area contributed by atoms with E-state index in [-0.39, 0.29) is 12.1 Å². The molecule has 0 bridgehead atoms. The molecule has 0 heterocycles. The first-order chi connectivity index (χ1) is 11.8. The molecule has 0 aliphatic rings. The van der Waals surface area contributed by atoms with Crippen molar-refractivity contribution < 1.29 is 9.53 Å². The second kappa shape index (κ2) is 14.1. The highest BCUT2D eigenvalue weighted by molar-refractivity contribution is 5.69. The summed E-state index contributed by atoms with van der Waals surface area (Å²) in [6.07, 6.45) is 14.1. The molecule has 24 heavy (non-hydrogen) atoms. The summed E-state index contributed by atoms with van der Waals surface area (Å²) >= 11 is 0. The molecule has 1 rings (SSSR count). The number of esters is 1. The van der Waals surface area contributed by atoms with E-state index in [4.69, 9.17) is 4.74 Å². The van der Waals surface area contributed by atoms with Gasteiger partial charge >= 0.3 is 5.97 Å². The van der Waals surface area contributed by atoms with Gasteiger partial charge in [0, 0.05) is 6.42 Å². The van der Waals surface area contributed by atoms with E-state index >= 15 is 0 Å². The van der Waals surface area contributed by atoms with Crippen LogP contribution in [0.5, 0.6) is 0 Å². The molecule has 0 aromatic heterocycles. The first kappa shape index (κ1) is 20.7. The lowest BCUT2D eigenvalue weighted by Crippen LogP contribution is -2.10. The Morgan fingerprint density at radius 3 is 1.92 bits per heavy atom. The molecule has 1 aromatic rings. The quantitative estimate of drug-likeness (QED) is 0.271. The Labute approximate surface area is 149 Å². The van der Waals surface area contributed by atoms with Crippen LogP contribution < -0.4 is 0 Å². The van der Waals surface area contributed by atoms with Crippen molar-refractivity contribution >= 4 is 5.97 Å².